The summed E-state index contributed by atoms with van der Waals surface area (Å²) < 4.78 is 48.4. The summed E-state index contributed by atoms with van der Waals surface area (Å²) in [6.45, 7) is 2.61. The number of methoxy groups -OCH3 is 1. The molecule has 1 saturated heterocycles. The maximum absolute atomic E-state index is 13.2. The van der Waals surface area contributed by atoms with Crippen LogP contribution in [0.15, 0.2) is 36.4 Å². The summed E-state index contributed by atoms with van der Waals surface area (Å²) in [5, 5.41) is 1.12. The Hall–Kier alpha value is -2.92. The molecule has 3 aromatic rings. The highest BCUT2D eigenvalue weighted by molar-refractivity contribution is 7.87. The van der Waals surface area contributed by atoms with E-state index in [2.05, 4.69) is 21.4 Å². The molecule has 3 fully saturated rings. The number of aromatic nitrogens is 1. The van der Waals surface area contributed by atoms with Gasteiger partial charge in [0.25, 0.3) is 5.91 Å². The van der Waals surface area contributed by atoms with Gasteiger partial charge in [0.2, 0.25) is 0 Å². The third kappa shape index (κ3) is 4.21. The first-order valence-electron chi connectivity index (χ1n) is 14.5. The zero-order valence-corrected chi connectivity index (χ0v) is 24.8. The van der Waals surface area contributed by atoms with Crippen LogP contribution in [-0.2, 0) is 26.2 Å². The molecule has 1 N–H and O–H groups in total. The number of hydrogen-bond donors (Lipinski definition) is 1. The van der Waals surface area contributed by atoms with Gasteiger partial charge < -0.3 is 18.8 Å². The predicted octanol–water partition coefficient (Wildman–Crippen LogP) is 5.11. The minimum absolute atomic E-state index is 0.226. The summed E-state index contributed by atoms with van der Waals surface area (Å²) in [6, 6.07) is 12.0. The van der Waals surface area contributed by atoms with E-state index in [0.29, 0.717) is 18.0 Å². The van der Waals surface area contributed by atoms with Crippen LogP contribution >= 0.6 is 0 Å². The van der Waals surface area contributed by atoms with Crippen molar-refractivity contribution in [3.05, 3.63) is 53.1 Å². The molecule has 218 valence electrons. The summed E-state index contributed by atoms with van der Waals surface area (Å²) in [4.78, 5) is 13.2. The van der Waals surface area contributed by atoms with Crippen molar-refractivity contribution >= 4 is 27.0 Å². The lowest BCUT2D eigenvalue weighted by atomic mass is 9.81. The van der Waals surface area contributed by atoms with Crippen LogP contribution in [0.4, 0.5) is 0 Å². The predicted molar refractivity (Wildman–Crippen MR) is 155 cm³/mol. The molecule has 0 radical (unpaired) electrons. The molecule has 7 rings (SSSR count). The lowest BCUT2D eigenvalue weighted by Crippen LogP contribution is -2.47. The SMILES string of the molecule is COc1ccc2c(c1)[C@@H]1C[C@]1(C1OC(C)O1)Cn1c-2c(C2CCCCC2)c2ccc(C(=O)NS(=O)(=O)N(C)C)cc21. The monoisotopic (exact) mass is 579 g/mol. The second-order valence-corrected chi connectivity index (χ2v) is 14.1. The first-order valence-corrected chi connectivity index (χ1v) is 16.0. The number of rotatable bonds is 6. The van der Waals surface area contributed by atoms with E-state index >= 15 is 0 Å². The summed E-state index contributed by atoms with van der Waals surface area (Å²) in [7, 11) is 0.566. The van der Waals surface area contributed by atoms with Crippen molar-refractivity contribution in [2.45, 2.75) is 76.4 Å². The van der Waals surface area contributed by atoms with Gasteiger partial charge in [-0.25, -0.2) is 4.72 Å². The Morgan fingerprint density at radius 1 is 1.10 bits per heavy atom. The molecule has 3 heterocycles. The number of carbonyl (C=O) groups excluding carboxylic acids is 1. The topological polar surface area (TPSA) is 99.1 Å². The fourth-order valence-electron chi connectivity index (χ4n) is 7.39. The van der Waals surface area contributed by atoms with Crippen molar-refractivity contribution < 1.29 is 27.4 Å². The van der Waals surface area contributed by atoms with Crippen molar-refractivity contribution in [1.82, 2.24) is 13.6 Å². The van der Waals surface area contributed by atoms with Gasteiger partial charge in [0.05, 0.1) is 12.8 Å². The van der Waals surface area contributed by atoms with E-state index in [-0.39, 0.29) is 23.9 Å². The van der Waals surface area contributed by atoms with Crippen LogP contribution in [0.2, 0.25) is 0 Å². The van der Waals surface area contributed by atoms with E-state index < -0.39 is 16.1 Å². The minimum atomic E-state index is -3.92. The number of nitrogens with zero attached hydrogens (tertiary/aromatic N) is 2. The van der Waals surface area contributed by atoms with E-state index in [0.717, 1.165) is 40.2 Å². The maximum Gasteiger partial charge on any atom is 0.303 e. The van der Waals surface area contributed by atoms with Gasteiger partial charge in [-0.3, -0.25) is 4.79 Å². The van der Waals surface area contributed by atoms with Gasteiger partial charge in [0.1, 0.15) is 5.75 Å². The van der Waals surface area contributed by atoms with Gasteiger partial charge in [-0.15, -0.1) is 0 Å². The van der Waals surface area contributed by atoms with E-state index in [1.54, 1.807) is 13.2 Å². The third-order valence-corrected chi connectivity index (χ3v) is 11.0. The molecule has 10 heteroatoms. The lowest BCUT2D eigenvalue weighted by molar-refractivity contribution is -0.399. The lowest BCUT2D eigenvalue weighted by Gasteiger charge is -2.40. The number of fused-ring (bicyclic) bond motifs is 7. The van der Waals surface area contributed by atoms with E-state index in [1.807, 2.05) is 25.1 Å². The average Bonchev–Trinajstić information content (AvgIpc) is 3.60. The highest BCUT2D eigenvalue weighted by Crippen LogP contribution is 2.69. The number of hydrogen-bond acceptors (Lipinski definition) is 6. The maximum atomic E-state index is 13.2. The van der Waals surface area contributed by atoms with Crippen molar-refractivity contribution in [2.75, 3.05) is 21.2 Å². The van der Waals surface area contributed by atoms with Crippen molar-refractivity contribution in [3.63, 3.8) is 0 Å². The van der Waals surface area contributed by atoms with Gasteiger partial charge in [-0.2, -0.15) is 12.7 Å². The number of ether oxygens (including phenoxy) is 3. The first-order chi connectivity index (χ1) is 19.6. The fraction of sp³-hybridized carbons (Fsp3) is 0.516. The van der Waals surface area contributed by atoms with Crippen molar-refractivity contribution in [1.29, 1.82) is 0 Å². The second kappa shape index (κ2) is 9.55. The summed E-state index contributed by atoms with van der Waals surface area (Å²) in [5.74, 6) is 0.856. The van der Waals surface area contributed by atoms with Crippen molar-refractivity contribution in [3.8, 4) is 17.0 Å². The molecule has 1 amide bonds. The van der Waals surface area contributed by atoms with Crippen LogP contribution in [0.5, 0.6) is 5.75 Å². The number of benzene rings is 2. The normalized spacial score (nSPS) is 27.4. The molecule has 2 aliphatic carbocycles. The van der Waals surface area contributed by atoms with E-state index in [9.17, 15) is 13.2 Å². The Bertz CT molecular complexity index is 1650. The Balaban J connectivity index is 1.45. The summed E-state index contributed by atoms with van der Waals surface area (Å²) in [6.07, 6.45) is 6.30. The zero-order chi connectivity index (χ0) is 28.7. The molecule has 41 heavy (non-hydrogen) atoms. The molecule has 0 bridgehead atoms. The number of nitrogens with one attached hydrogen (secondary N) is 1. The molecule has 1 aromatic heterocycles. The Kier molecular flexibility index (Phi) is 6.28. The Morgan fingerprint density at radius 3 is 2.54 bits per heavy atom. The van der Waals surface area contributed by atoms with Crippen LogP contribution in [0.25, 0.3) is 22.2 Å². The van der Waals surface area contributed by atoms with Gasteiger partial charge >= 0.3 is 10.2 Å². The van der Waals surface area contributed by atoms with Crippen molar-refractivity contribution in [2.24, 2.45) is 5.41 Å². The van der Waals surface area contributed by atoms with Crippen LogP contribution in [-0.4, -0.2) is 57.0 Å². The molecular weight excluding hydrogens is 542 g/mol. The van der Waals surface area contributed by atoms with Gasteiger partial charge in [-0.1, -0.05) is 25.3 Å². The summed E-state index contributed by atoms with van der Waals surface area (Å²) >= 11 is 0. The highest BCUT2D eigenvalue weighted by Gasteiger charge is 2.66. The molecule has 0 unspecified atom stereocenters. The molecule has 2 atom stereocenters. The molecule has 0 spiro atoms. The smallest absolute Gasteiger partial charge is 0.303 e. The van der Waals surface area contributed by atoms with E-state index in [1.165, 1.54) is 55.7 Å². The van der Waals surface area contributed by atoms with Crippen LogP contribution in [0.1, 0.15) is 78.8 Å². The highest BCUT2D eigenvalue weighted by atomic mass is 32.2. The first kappa shape index (κ1) is 26.9. The second-order valence-electron chi connectivity index (χ2n) is 12.2. The fourth-order valence-corrected chi connectivity index (χ4v) is 7.92. The largest absolute Gasteiger partial charge is 0.497 e. The molecular formula is C31H37N3O6S. The average molecular weight is 580 g/mol. The molecule has 4 aliphatic rings. The quantitative estimate of drug-likeness (QED) is 0.436. The van der Waals surface area contributed by atoms with Gasteiger partial charge in [0, 0.05) is 48.1 Å². The van der Waals surface area contributed by atoms with Crippen LogP contribution in [0.3, 0.4) is 0 Å². The van der Waals surface area contributed by atoms with Crippen LogP contribution < -0.4 is 9.46 Å². The molecule has 2 aliphatic heterocycles. The standard InChI is InChI=1S/C31H37N3O6S/c1-18-39-30(40-18)31-16-25(31)24-15-21(38-4)11-13-22(24)28-27(19-8-6-5-7-9-19)23-12-10-20(14-26(23)34(28)17-31)29(35)32-41(36,37)33(2)3/h10-15,18-19,25,30H,5-9,16-17H2,1-4H3,(H,32,35)/t18?,25-,30?,31-/m0/s1. The molecule has 2 aromatic carbocycles. The Labute approximate surface area is 240 Å². The minimum Gasteiger partial charge on any atom is -0.497 e. The van der Waals surface area contributed by atoms with Crippen LogP contribution in [0, 0.1) is 5.41 Å². The number of amides is 1. The van der Waals surface area contributed by atoms with Gasteiger partial charge in [0.15, 0.2) is 12.6 Å². The third-order valence-electron chi connectivity index (χ3n) is 9.64. The molecule has 2 saturated carbocycles. The summed E-state index contributed by atoms with van der Waals surface area (Å²) in [5.41, 5.74) is 5.99. The zero-order valence-electron chi connectivity index (χ0n) is 24.0. The van der Waals surface area contributed by atoms with Gasteiger partial charge in [-0.05, 0) is 79.5 Å². The van der Waals surface area contributed by atoms with E-state index in [4.69, 9.17) is 14.2 Å². The molecule has 9 nitrogen and oxygen atoms in total. The number of carbonyl (C=O) groups is 1. The Morgan fingerprint density at radius 2 is 1.85 bits per heavy atom.